The van der Waals surface area contributed by atoms with Crippen LogP contribution in [0.25, 0.3) is 0 Å². The monoisotopic (exact) mass is 260 g/mol. The molecule has 1 aromatic heterocycles. The minimum absolute atomic E-state index is 0.154. The molecular weight excluding hydrogens is 244 g/mol. The van der Waals surface area contributed by atoms with Crippen molar-refractivity contribution in [1.82, 2.24) is 10.5 Å². The second-order valence-corrected chi connectivity index (χ2v) is 4.17. The van der Waals surface area contributed by atoms with Crippen molar-refractivity contribution in [2.45, 2.75) is 13.5 Å². The van der Waals surface area contributed by atoms with Crippen LogP contribution in [-0.2, 0) is 6.54 Å². The number of amides is 1. The van der Waals surface area contributed by atoms with E-state index in [9.17, 15) is 4.79 Å². The Kier molecular flexibility index (Phi) is 3.70. The van der Waals surface area contributed by atoms with Crippen molar-refractivity contribution in [3.63, 3.8) is 0 Å². The van der Waals surface area contributed by atoms with E-state index < -0.39 is 0 Å². The molecule has 2 aromatic rings. The number of carbonyl (C=O) groups excluding carboxylic acids is 1. The summed E-state index contributed by atoms with van der Waals surface area (Å²) in [4.78, 5) is 11.5. The number of rotatable bonds is 4. The lowest BCUT2D eigenvalue weighted by molar-refractivity contribution is 0.0963. The SMILES string of the molecule is CNC(=O)c1ccc(N)c(NCc2cc(C)no2)c1. The molecule has 0 saturated heterocycles. The molecule has 6 heteroatoms. The van der Waals surface area contributed by atoms with Gasteiger partial charge in [-0.1, -0.05) is 5.16 Å². The van der Waals surface area contributed by atoms with Gasteiger partial charge in [-0.3, -0.25) is 4.79 Å². The lowest BCUT2D eigenvalue weighted by atomic mass is 10.1. The van der Waals surface area contributed by atoms with Crippen LogP contribution in [0.15, 0.2) is 28.8 Å². The fourth-order valence-corrected chi connectivity index (χ4v) is 1.68. The van der Waals surface area contributed by atoms with Crippen LogP contribution in [0.5, 0.6) is 0 Å². The van der Waals surface area contributed by atoms with Gasteiger partial charge in [-0.05, 0) is 25.1 Å². The highest BCUT2D eigenvalue weighted by Crippen LogP contribution is 2.21. The maximum Gasteiger partial charge on any atom is 0.251 e. The molecular formula is C13H16N4O2. The van der Waals surface area contributed by atoms with Gasteiger partial charge >= 0.3 is 0 Å². The Labute approximate surface area is 111 Å². The predicted octanol–water partition coefficient (Wildman–Crippen LogP) is 1.54. The number of nitrogens with zero attached hydrogens (tertiary/aromatic N) is 1. The Hall–Kier alpha value is -2.50. The summed E-state index contributed by atoms with van der Waals surface area (Å²) in [5, 5.41) is 9.49. The molecule has 100 valence electrons. The average Bonchev–Trinajstić information content (AvgIpc) is 2.82. The van der Waals surface area contributed by atoms with Crippen molar-refractivity contribution >= 4 is 17.3 Å². The molecule has 2 rings (SSSR count). The van der Waals surface area contributed by atoms with Gasteiger partial charge in [0.25, 0.3) is 5.91 Å². The minimum atomic E-state index is -0.154. The molecule has 0 unspecified atom stereocenters. The first-order chi connectivity index (χ1) is 9.10. The van der Waals surface area contributed by atoms with Crippen LogP contribution in [0, 0.1) is 6.92 Å². The van der Waals surface area contributed by atoms with E-state index in [-0.39, 0.29) is 5.91 Å². The van der Waals surface area contributed by atoms with Gasteiger partial charge in [0.1, 0.15) is 0 Å². The van der Waals surface area contributed by atoms with E-state index in [1.807, 2.05) is 13.0 Å². The number of aryl methyl sites for hydroxylation is 1. The van der Waals surface area contributed by atoms with Crippen molar-refractivity contribution in [3.05, 3.63) is 41.3 Å². The quantitative estimate of drug-likeness (QED) is 0.725. The number of aromatic nitrogens is 1. The predicted molar refractivity (Wildman–Crippen MR) is 72.8 cm³/mol. The zero-order chi connectivity index (χ0) is 13.8. The molecule has 1 heterocycles. The standard InChI is InChI=1S/C13H16N4O2/c1-8-5-10(19-17-8)7-16-12-6-9(13(18)15-2)3-4-11(12)14/h3-6,16H,7,14H2,1-2H3,(H,15,18). The van der Waals surface area contributed by atoms with Crippen molar-refractivity contribution in [3.8, 4) is 0 Å². The van der Waals surface area contributed by atoms with Gasteiger partial charge in [0, 0.05) is 18.7 Å². The zero-order valence-electron chi connectivity index (χ0n) is 10.9. The molecule has 0 fully saturated rings. The topological polar surface area (TPSA) is 93.2 Å². The molecule has 1 aromatic carbocycles. The van der Waals surface area contributed by atoms with Crippen LogP contribution in [0.3, 0.4) is 0 Å². The van der Waals surface area contributed by atoms with E-state index in [2.05, 4.69) is 15.8 Å². The van der Waals surface area contributed by atoms with E-state index >= 15 is 0 Å². The van der Waals surface area contributed by atoms with Gasteiger partial charge in [0.15, 0.2) is 5.76 Å². The fraction of sp³-hybridized carbons (Fsp3) is 0.231. The van der Waals surface area contributed by atoms with Crippen LogP contribution in [-0.4, -0.2) is 18.1 Å². The lowest BCUT2D eigenvalue weighted by Gasteiger charge is -2.09. The molecule has 0 atom stereocenters. The van der Waals surface area contributed by atoms with Gasteiger partial charge in [0.2, 0.25) is 0 Å². The third kappa shape index (κ3) is 3.04. The highest BCUT2D eigenvalue weighted by Gasteiger charge is 2.07. The smallest absolute Gasteiger partial charge is 0.251 e. The Morgan fingerprint density at radius 2 is 2.21 bits per heavy atom. The van der Waals surface area contributed by atoms with Crippen molar-refractivity contribution in [1.29, 1.82) is 0 Å². The van der Waals surface area contributed by atoms with E-state index in [0.717, 1.165) is 5.69 Å². The Bertz CT molecular complexity index is 592. The molecule has 0 aliphatic carbocycles. The summed E-state index contributed by atoms with van der Waals surface area (Å²) in [6.07, 6.45) is 0. The van der Waals surface area contributed by atoms with E-state index in [4.69, 9.17) is 10.3 Å². The molecule has 4 N–H and O–H groups in total. The molecule has 0 radical (unpaired) electrons. The minimum Gasteiger partial charge on any atom is -0.397 e. The molecule has 0 bridgehead atoms. The van der Waals surface area contributed by atoms with Crippen LogP contribution in [0.4, 0.5) is 11.4 Å². The molecule has 19 heavy (non-hydrogen) atoms. The number of carbonyl (C=O) groups is 1. The summed E-state index contributed by atoms with van der Waals surface area (Å²) in [6, 6.07) is 6.92. The average molecular weight is 260 g/mol. The number of benzene rings is 1. The Morgan fingerprint density at radius 1 is 1.42 bits per heavy atom. The van der Waals surface area contributed by atoms with E-state index in [1.54, 1.807) is 25.2 Å². The van der Waals surface area contributed by atoms with Gasteiger partial charge in [-0.2, -0.15) is 0 Å². The molecule has 0 saturated carbocycles. The summed E-state index contributed by atoms with van der Waals surface area (Å²) >= 11 is 0. The van der Waals surface area contributed by atoms with Gasteiger partial charge in [0.05, 0.1) is 23.6 Å². The van der Waals surface area contributed by atoms with Gasteiger partial charge in [-0.15, -0.1) is 0 Å². The number of hydrogen-bond acceptors (Lipinski definition) is 5. The highest BCUT2D eigenvalue weighted by atomic mass is 16.5. The van der Waals surface area contributed by atoms with Gasteiger partial charge < -0.3 is 20.9 Å². The number of anilines is 2. The van der Waals surface area contributed by atoms with Crippen molar-refractivity contribution in [2.75, 3.05) is 18.1 Å². The highest BCUT2D eigenvalue weighted by molar-refractivity contribution is 5.96. The van der Waals surface area contributed by atoms with Crippen molar-refractivity contribution < 1.29 is 9.32 Å². The van der Waals surface area contributed by atoms with Crippen LogP contribution < -0.4 is 16.4 Å². The number of nitrogen functional groups attached to an aromatic ring is 1. The maximum absolute atomic E-state index is 11.5. The number of nitrogens with one attached hydrogen (secondary N) is 2. The maximum atomic E-state index is 11.5. The molecule has 1 amide bonds. The molecule has 6 nitrogen and oxygen atoms in total. The second-order valence-electron chi connectivity index (χ2n) is 4.17. The zero-order valence-corrected chi connectivity index (χ0v) is 10.9. The van der Waals surface area contributed by atoms with E-state index in [0.29, 0.717) is 29.2 Å². The molecule has 0 aliphatic heterocycles. The van der Waals surface area contributed by atoms with E-state index in [1.165, 1.54) is 0 Å². The largest absolute Gasteiger partial charge is 0.397 e. The normalized spacial score (nSPS) is 10.2. The van der Waals surface area contributed by atoms with Crippen molar-refractivity contribution in [2.24, 2.45) is 0 Å². The summed E-state index contributed by atoms with van der Waals surface area (Å²) in [5.41, 5.74) is 8.50. The third-order valence-electron chi connectivity index (χ3n) is 2.67. The van der Waals surface area contributed by atoms with Crippen LogP contribution in [0.1, 0.15) is 21.8 Å². The van der Waals surface area contributed by atoms with Crippen LogP contribution in [0.2, 0.25) is 0 Å². The summed E-state index contributed by atoms with van der Waals surface area (Å²) in [6.45, 7) is 2.32. The number of nitrogens with two attached hydrogens (primary N) is 1. The number of hydrogen-bond donors (Lipinski definition) is 3. The lowest BCUT2D eigenvalue weighted by Crippen LogP contribution is -2.18. The second kappa shape index (κ2) is 5.43. The summed E-state index contributed by atoms with van der Waals surface area (Å²) in [7, 11) is 1.59. The van der Waals surface area contributed by atoms with Crippen LogP contribution >= 0.6 is 0 Å². The first-order valence-electron chi connectivity index (χ1n) is 5.88. The molecule has 0 spiro atoms. The Morgan fingerprint density at radius 3 is 2.84 bits per heavy atom. The summed E-state index contributed by atoms with van der Waals surface area (Å²) in [5.74, 6) is 0.556. The first kappa shape index (κ1) is 12.9. The Balaban J connectivity index is 2.12. The summed E-state index contributed by atoms with van der Waals surface area (Å²) < 4.78 is 5.09. The first-order valence-corrected chi connectivity index (χ1v) is 5.88. The third-order valence-corrected chi connectivity index (χ3v) is 2.67. The molecule has 0 aliphatic rings. The fourth-order valence-electron chi connectivity index (χ4n) is 1.68. The van der Waals surface area contributed by atoms with Gasteiger partial charge in [-0.25, -0.2) is 0 Å².